The monoisotopic (exact) mass is 385 g/mol. The fraction of sp³-hybridized carbons (Fsp3) is 0.600. The lowest BCUT2D eigenvalue weighted by molar-refractivity contribution is -0.161. The topological polar surface area (TPSA) is 107 Å². The molecule has 0 bridgehead atoms. The summed E-state index contributed by atoms with van der Waals surface area (Å²) < 4.78 is 27.7. The van der Waals surface area contributed by atoms with Gasteiger partial charge < -0.3 is 14.9 Å². The van der Waals surface area contributed by atoms with Gasteiger partial charge in [-0.1, -0.05) is 6.07 Å². The molecule has 1 aromatic rings. The Morgan fingerprint density at radius 1 is 1.16 bits per heavy atom. The van der Waals surface area contributed by atoms with E-state index in [1.807, 2.05) is 0 Å². The Morgan fingerprint density at radius 3 is 2.60 bits per heavy atom. The summed E-state index contributed by atoms with van der Waals surface area (Å²) >= 11 is 1.14. The number of carbonyl (C=O) groups excluding carboxylic acids is 2. The predicted octanol–water partition coefficient (Wildman–Crippen LogP) is -0.639. The predicted molar refractivity (Wildman–Crippen MR) is 89.3 cm³/mol. The Kier molecular flexibility index (Phi) is 4.10. The van der Waals surface area contributed by atoms with Gasteiger partial charge in [0.15, 0.2) is 0 Å². The first-order chi connectivity index (χ1) is 11.9. The lowest BCUT2D eigenvalue weighted by Crippen LogP contribution is -2.66. The molecule has 3 fully saturated rings. The average Bonchev–Trinajstić information content (AvgIpc) is 3.22. The lowest BCUT2D eigenvalue weighted by atomic mass is 9.93. The first-order valence-corrected chi connectivity index (χ1v) is 10.6. The Hall–Kier alpha value is -1.49. The molecule has 0 saturated carbocycles. The van der Waals surface area contributed by atoms with Crippen molar-refractivity contribution in [3.63, 3.8) is 0 Å². The van der Waals surface area contributed by atoms with E-state index in [2.05, 4.69) is 4.72 Å². The Labute approximate surface area is 149 Å². The van der Waals surface area contributed by atoms with Crippen LogP contribution in [0.25, 0.3) is 0 Å². The van der Waals surface area contributed by atoms with E-state index in [1.165, 1.54) is 11.0 Å². The van der Waals surface area contributed by atoms with Crippen LogP contribution in [0.5, 0.6) is 0 Å². The second-order valence-electron chi connectivity index (χ2n) is 6.72. The number of hydrogen-bond donors (Lipinski definition) is 2. The van der Waals surface area contributed by atoms with Crippen LogP contribution in [0.2, 0.25) is 0 Å². The highest BCUT2D eigenvalue weighted by atomic mass is 32.2. The fourth-order valence-corrected chi connectivity index (χ4v) is 6.23. The summed E-state index contributed by atoms with van der Waals surface area (Å²) in [6, 6.07) is 1.59. The third-order valence-corrected chi connectivity index (χ3v) is 8.02. The summed E-state index contributed by atoms with van der Waals surface area (Å²) in [5.41, 5.74) is 0. The van der Waals surface area contributed by atoms with Crippen molar-refractivity contribution in [3.05, 3.63) is 17.5 Å². The van der Waals surface area contributed by atoms with Crippen LogP contribution in [0.15, 0.2) is 21.7 Å². The third-order valence-electron chi connectivity index (χ3n) is 5.10. The molecular weight excluding hydrogens is 366 g/mol. The van der Waals surface area contributed by atoms with Crippen LogP contribution in [0.3, 0.4) is 0 Å². The van der Waals surface area contributed by atoms with Gasteiger partial charge in [-0.3, -0.25) is 9.59 Å². The van der Waals surface area contributed by atoms with E-state index >= 15 is 0 Å². The van der Waals surface area contributed by atoms with Gasteiger partial charge in [0, 0.05) is 25.6 Å². The highest BCUT2D eigenvalue weighted by molar-refractivity contribution is 7.91. The number of amides is 2. The molecule has 1 aromatic heterocycles. The summed E-state index contributed by atoms with van der Waals surface area (Å²) in [6.07, 6.45) is 0.332. The maximum Gasteiger partial charge on any atom is 0.250 e. The van der Waals surface area contributed by atoms with Gasteiger partial charge in [0.2, 0.25) is 21.8 Å². The van der Waals surface area contributed by atoms with Gasteiger partial charge >= 0.3 is 0 Å². The normalized spacial score (nSPS) is 32.7. The highest BCUT2D eigenvalue weighted by Gasteiger charge is 2.51. The molecule has 0 aliphatic carbocycles. The zero-order valence-electron chi connectivity index (χ0n) is 13.4. The highest BCUT2D eigenvalue weighted by Crippen LogP contribution is 2.32. The van der Waals surface area contributed by atoms with Crippen LogP contribution in [-0.2, 0) is 19.6 Å². The van der Waals surface area contributed by atoms with Crippen molar-refractivity contribution in [2.75, 3.05) is 13.1 Å². The minimum Gasteiger partial charge on any atom is -0.391 e. The molecule has 3 aliphatic heterocycles. The number of rotatable bonds is 3. The molecule has 136 valence electrons. The Bertz CT molecular complexity index is 794. The van der Waals surface area contributed by atoms with E-state index in [4.69, 9.17) is 0 Å². The number of sulfonamides is 1. The molecule has 10 heteroatoms. The molecule has 4 unspecified atom stereocenters. The second-order valence-corrected chi connectivity index (χ2v) is 9.61. The van der Waals surface area contributed by atoms with Crippen LogP contribution >= 0.6 is 11.3 Å². The number of nitrogens with one attached hydrogen (secondary N) is 1. The molecule has 4 atom stereocenters. The molecule has 4 rings (SSSR count). The third kappa shape index (κ3) is 2.86. The number of nitrogens with zero attached hydrogens (tertiary/aromatic N) is 2. The van der Waals surface area contributed by atoms with E-state index < -0.39 is 34.3 Å². The van der Waals surface area contributed by atoms with Gasteiger partial charge in [-0.05, 0) is 24.3 Å². The van der Waals surface area contributed by atoms with E-state index in [-0.39, 0.29) is 35.4 Å². The maximum atomic E-state index is 12.7. The van der Waals surface area contributed by atoms with Gasteiger partial charge in [0.1, 0.15) is 16.3 Å². The number of piperazine rings is 1. The van der Waals surface area contributed by atoms with Crippen molar-refractivity contribution < 1.29 is 23.1 Å². The smallest absolute Gasteiger partial charge is 0.250 e. The van der Waals surface area contributed by atoms with Crippen molar-refractivity contribution >= 4 is 33.2 Å². The Balaban J connectivity index is 1.51. The fourth-order valence-electron chi connectivity index (χ4n) is 3.94. The van der Waals surface area contributed by atoms with Gasteiger partial charge in [0.25, 0.3) is 0 Å². The molecule has 2 amide bonds. The number of thiophene rings is 1. The molecule has 2 N–H and O–H groups in total. The summed E-state index contributed by atoms with van der Waals surface area (Å²) in [6.45, 7) is 0.512. The number of fused-ring (bicyclic) bond motifs is 2. The van der Waals surface area contributed by atoms with E-state index in [1.54, 1.807) is 16.3 Å². The van der Waals surface area contributed by atoms with Crippen molar-refractivity contribution in [2.24, 2.45) is 0 Å². The van der Waals surface area contributed by atoms with E-state index in [9.17, 15) is 23.1 Å². The molecule has 3 aliphatic rings. The molecule has 4 heterocycles. The molecule has 0 aromatic carbocycles. The number of hydrogen-bond acceptors (Lipinski definition) is 6. The minimum atomic E-state index is -3.61. The van der Waals surface area contributed by atoms with Crippen LogP contribution in [0, 0.1) is 0 Å². The zero-order chi connectivity index (χ0) is 17.8. The molecule has 3 saturated heterocycles. The van der Waals surface area contributed by atoms with Gasteiger partial charge in [-0.2, -0.15) is 0 Å². The standard InChI is InChI=1S/C15H19N3O5S2/c19-10-7-12-14(20)17-4-3-9(6-11(17)15(21)18(12)8-10)16-25(22,23)13-2-1-5-24-13/h1-2,5,9-12,16,19H,3-4,6-8H2. The van der Waals surface area contributed by atoms with Crippen molar-refractivity contribution in [2.45, 2.75) is 47.7 Å². The largest absolute Gasteiger partial charge is 0.391 e. The average molecular weight is 385 g/mol. The minimum absolute atomic E-state index is 0.138. The van der Waals surface area contributed by atoms with Crippen LogP contribution in [0.1, 0.15) is 19.3 Å². The molecular formula is C15H19N3O5S2. The molecule has 0 spiro atoms. The summed E-state index contributed by atoms with van der Waals surface area (Å²) in [7, 11) is -3.61. The summed E-state index contributed by atoms with van der Waals surface area (Å²) in [5, 5.41) is 11.5. The van der Waals surface area contributed by atoms with E-state index in [0.717, 1.165) is 11.3 Å². The molecule has 8 nitrogen and oxygen atoms in total. The first-order valence-electron chi connectivity index (χ1n) is 8.21. The van der Waals surface area contributed by atoms with Crippen LogP contribution in [-0.4, -0.2) is 72.5 Å². The lowest BCUT2D eigenvalue weighted by Gasteiger charge is -2.46. The number of carbonyl (C=O) groups is 2. The Morgan fingerprint density at radius 2 is 1.88 bits per heavy atom. The SMILES string of the molecule is O=C1C2CC(O)CN2C(=O)C2CC(NS(=O)(=O)c3cccs3)CCN12. The molecule has 0 radical (unpaired) electrons. The van der Waals surface area contributed by atoms with Gasteiger partial charge in [-0.25, -0.2) is 13.1 Å². The zero-order valence-corrected chi connectivity index (χ0v) is 15.0. The summed E-state index contributed by atoms with van der Waals surface area (Å²) in [4.78, 5) is 28.3. The number of piperidine rings is 1. The van der Waals surface area contributed by atoms with Crippen molar-refractivity contribution in [1.29, 1.82) is 0 Å². The number of aliphatic hydroxyl groups excluding tert-OH is 1. The quantitative estimate of drug-likeness (QED) is 0.720. The van der Waals surface area contributed by atoms with E-state index in [0.29, 0.717) is 13.0 Å². The second kappa shape index (κ2) is 6.04. The van der Waals surface area contributed by atoms with Crippen molar-refractivity contribution in [3.8, 4) is 0 Å². The van der Waals surface area contributed by atoms with Gasteiger partial charge in [0.05, 0.1) is 6.10 Å². The maximum absolute atomic E-state index is 12.7. The van der Waals surface area contributed by atoms with Gasteiger partial charge in [-0.15, -0.1) is 11.3 Å². The van der Waals surface area contributed by atoms with Crippen LogP contribution < -0.4 is 4.72 Å². The summed E-state index contributed by atoms with van der Waals surface area (Å²) in [5.74, 6) is -0.332. The molecule has 25 heavy (non-hydrogen) atoms. The van der Waals surface area contributed by atoms with Crippen LogP contribution in [0.4, 0.5) is 0 Å². The number of aliphatic hydroxyl groups is 1. The first kappa shape index (κ1) is 17.0. The van der Waals surface area contributed by atoms with Crippen molar-refractivity contribution in [1.82, 2.24) is 14.5 Å².